The van der Waals surface area contributed by atoms with Crippen LogP contribution in [-0.4, -0.2) is 29.8 Å². The summed E-state index contributed by atoms with van der Waals surface area (Å²) < 4.78 is 18.7. The molecule has 2 rings (SSSR count). The highest BCUT2D eigenvalue weighted by atomic mass is 32.2. The number of carbonyl (C=O) groups excluding carboxylic acids is 1. The lowest BCUT2D eigenvalue weighted by Gasteiger charge is -2.06. The van der Waals surface area contributed by atoms with Crippen LogP contribution >= 0.6 is 11.8 Å². The van der Waals surface area contributed by atoms with Gasteiger partial charge in [-0.15, -0.1) is 0 Å². The molecule has 4 nitrogen and oxygen atoms in total. The molecule has 1 heterocycles. The molecule has 0 bridgehead atoms. The van der Waals surface area contributed by atoms with Crippen molar-refractivity contribution in [1.29, 1.82) is 0 Å². The zero-order valence-electron chi connectivity index (χ0n) is 12.9. The van der Waals surface area contributed by atoms with E-state index < -0.39 is 0 Å². The van der Waals surface area contributed by atoms with Gasteiger partial charge in [-0.25, -0.2) is 9.37 Å². The lowest BCUT2D eigenvalue weighted by molar-refractivity contribution is 0.0955. The average molecular weight is 334 g/mol. The molecule has 0 spiro atoms. The third kappa shape index (κ3) is 5.56. The van der Waals surface area contributed by atoms with E-state index in [1.165, 1.54) is 12.3 Å². The number of aromatic nitrogens is 1. The number of hydrogen-bond donors (Lipinski definition) is 1. The van der Waals surface area contributed by atoms with E-state index in [9.17, 15) is 9.18 Å². The summed E-state index contributed by atoms with van der Waals surface area (Å²) in [5.41, 5.74) is 1.17. The Bertz CT molecular complexity index is 635. The smallest absolute Gasteiger partial charge is 0.252 e. The minimum Gasteiger partial charge on any atom is -0.478 e. The van der Waals surface area contributed by atoms with Gasteiger partial charge in [0.2, 0.25) is 5.88 Å². The molecular formula is C17H19FN2O2S. The van der Waals surface area contributed by atoms with Gasteiger partial charge < -0.3 is 10.1 Å². The standard InChI is InChI=1S/C17H19FN2O2S/c1-2-22-16-8-7-13(11-20-16)17(21)19-9-10-23-12-14-5-3-4-6-15(14)18/h3-8,11H,2,9-10,12H2,1H3,(H,19,21). The van der Waals surface area contributed by atoms with Gasteiger partial charge in [0.25, 0.3) is 5.91 Å². The Labute approximate surface area is 139 Å². The monoisotopic (exact) mass is 334 g/mol. The van der Waals surface area contributed by atoms with E-state index in [-0.39, 0.29) is 11.7 Å². The molecule has 6 heteroatoms. The fraction of sp³-hybridized carbons (Fsp3) is 0.294. The van der Waals surface area contributed by atoms with E-state index in [0.29, 0.717) is 41.7 Å². The summed E-state index contributed by atoms with van der Waals surface area (Å²) in [5.74, 6) is 1.44. The molecule has 1 amide bonds. The van der Waals surface area contributed by atoms with Crippen molar-refractivity contribution in [2.75, 3.05) is 18.9 Å². The number of ether oxygens (including phenoxy) is 1. The van der Waals surface area contributed by atoms with Crippen molar-refractivity contribution in [3.63, 3.8) is 0 Å². The van der Waals surface area contributed by atoms with Crippen LogP contribution in [0, 0.1) is 5.82 Å². The fourth-order valence-electron chi connectivity index (χ4n) is 1.88. The van der Waals surface area contributed by atoms with E-state index in [2.05, 4.69) is 10.3 Å². The van der Waals surface area contributed by atoms with E-state index in [4.69, 9.17) is 4.74 Å². The molecule has 0 atom stereocenters. The zero-order valence-corrected chi connectivity index (χ0v) is 13.7. The first-order valence-electron chi connectivity index (χ1n) is 7.39. The van der Waals surface area contributed by atoms with E-state index in [0.717, 1.165) is 0 Å². The quantitative estimate of drug-likeness (QED) is 0.753. The Balaban J connectivity index is 1.69. The number of benzene rings is 1. The normalized spacial score (nSPS) is 10.3. The first-order chi connectivity index (χ1) is 11.2. The maximum Gasteiger partial charge on any atom is 0.252 e. The molecule has 2 aromatic rings. The second kappa shape index (κ2) is 9.15. The van der Waals surface area contributed by atoms with Crippen molar-refractivity contribution in [2.24, 2.45) is 0 Å². The number of amides is 1. The number of pyridine rings is 1. The Morgan fingerprint density at radius 2 is 2.13 bits per heavy atom. The summed E-state index contributed by atoms with van der Waals surface area (Å²) in [6.07, 6.45) is 1.49. The lowest BCUT2D eigenvalue weighted by atomic mass is 10.2. The van der Waals surface area contributed by atoms with Crippen LogP contribution in [0.15, 0.2) is 42.6 Å². The number of nitrogens with one attached hydrogen (secondary N) is 1. The summed E-state index contributed by atoms with van der Waals surface area (Å²) in [5, 5.41) is 2.82. The molecule has 0 saturated carbocycles. The van der Waals surface area contributed by atoms with Gasteiger partial charge in [0, 0.05) is 30.3 Å². The summed E-state index contributed by atoms with van der Waals surface area (Å²) in [7, 11) is 0. The highest BCUT2D eigenvalue weighted by Gasteiger charge is 2.06. The fourth-order valence-corrected chi connectivity index (χ4v) is 2.73. The van der Waals surface area contributed by atoms with E-state index in [1.807, 2.05) is 13.0 Å². The molecule has 0 radical (unpaired) electrons. The van der Waals surface area contributed by atoms with E-state index >= 15 is 0 Å². The van der Waals surface area contributed by atoms with Crippen molar-refractivity contribution < 1.29 is 13.9 Å². The molecular weight excluding hydrogens is 315 g/mol. The number of hydrogen-bond acceptors (Lipinski definition) is 4. The predicted molar refractivity (Wildman–Crippen MR) is 90.3 cm³/mol. The van der Waals surface area contributed by atoms with Crippen LogP contribution in [0.5, 0.6) is 5.88 Å². The summed E-state index contributed by atoms with van der Waals surface area (Å²) in [4.78, 5) is 16.0. The van der Waals surface area contributed by atoms with Gasteiger partial charge in [-0.2, -0.15) is 11.8 Å². The van der Waals surface area contributed by atoms with Crippen LogP contribution in [0.1, 0.15) is 22.8 Å². The minimum absolute atomic E-state index is 0.174. The molecule has 1 aromatic carbocycles. The highest BCUT2D eigenvalue weighted by Crippen LogP contribution is 2.14. The van der Waals surface area contributed by atoms with Crippen molar-refractivity contribution in [1.82, 2.24) is 10.3 Å². The van der Waals surface area contributed by atoms with E-state index in [1.54, 1.807) is 36.0 Å². The number of rotatable bonds is 8. The van der Waals surface area contributed by atoms with Crippen molar-refractivity contribution in [3.8, 4) is 5.88 Å². The SMILES string of the molecule is CCOc1ccc(C(=O)NCCSCc2ccccc2F)cn1. The summed E-state index contributed by atoms with van der Waals surface area (Å²) in [6, 6.07) is 10.1. The molecule has 0 aliphatic heterocycles. The first kappa shape index (κ1) is 17.3. The maximum atomic E-state index is 13.4. The third-order valence-corrected chi connectivity index (χ3v) is 4.05. The topological polar surface area (TPSA) is 51.2 Å². The van der Waals surface area contributed by atoms with Crippen LogP contribution in [0.25, 0.3) is 0 Å². The Morgan fingerprint density at radius 3 is 2.83 bits per heavy atom. The molecule has 0 fully saturated rings. The predicted octanol–water partition coefficient (Wildman–Crippen LogP) is 3.28. The van der Waals surface area contributed by atoms with Gasteiger partial charge in [0.1, 0.15) is 5.82 Å². The third-order valence-electron chi connectivity index (χ3n) is 3.04. The van der Waals surface area contributed by atoms with Gasteiger partial charge in [-0.1, -0.05) is 18.2 Å². The molecule has 0 unspecified atom stereocenters. The molecule has 1 aromatic heterocycles. The Hall–Kier alpha value is -2.08. The first-order valence-corrected chi connectivity index (χ1v) is 8.54. The zero-order chi connectivity index (χ0) is 16.5. The van der Waals surface area contributed by atoms with Crippen molar-refractivity contribution >= 4 is 17.7 Å². The van der Waals surface area contributed by atoms with Crippen molar-refractivity contribution in [2.45, 2.75) is 12.7 Å². The second-order valence-electron chi connectivity index (χ2n) is 4.72. The molecule has 0 saturated heterocycles. The van der Waals surface area contributed by atoms with Crippen LogP contribution in [0.4, 0.5) is 4.39 Å². The highest BCUT2D eigenvalue weighted by molar-refractivity contribution is 7.98. The molecule has 23 heavy (non-hydrogen) atoms. The maximum absolute atomic E-state index is 13.4. The van der Waals surface area contributed by atoms with Crippen LogP contribution in [-0.2, 0) is 5.75 Å². The Morgan fingerprint density at radius 1 is 1.30 bits per heavy atom. The number of halogens is 1. The molecule has 0 aliphatic rings. The van der Waals surface area contributed by atoms with Gasteiger partial charge in [-0.05, 0) is 24.6 Å². The second-order valence-corrected chi connectivity index (χ2v) is 5.82. The number of thioether (sulfide) groups is 1. The Kier molecular flexibility index (Phi) is 6.87. The van der Waals surface area contributed by atoms with Gasteiger partial charge in [0.15, 0.2) is 0 Å². The molecule has 122 valence electrons. The number of nitrogens with zero attached hydrogens (tertiary/aromatic N) is 1. The van der Waals surface area contributed by atoms with Gasteiger partial charge in [-0.3, -0.25) is 4.79 Å². The van der Waals surface area contributed by atoms with Crippen LogP contribution < -0.4 is 10.1 Å². The van der Waals surface area contributed by atoms with Gasteiger partial charge >= 0.3 is 0 Å². The van der Waals surface area contributed by atoms with Crippen LogP contribution in [0.2, 0.25) is 0 Å². The largest absolute Gasteiger partial charge is 0.478 e. The molecule has 0 aliphatic carbocycles. The minimum atomic E-state index is -0.190. The van der Waals surface area contributed by atoms with Crippen molar-refractivity contribution in [3.05, 3.63) is 59.5 Å². The summed E-state index contributed by atoms with van der Waals surface area (Å²) >= 11 is 1.58. The summed E-state index contributed by atoms with van der Waals surface area (Å²) in [6.45, 7) is 2.93. The lowest BCUT2D eigenvalue weighted by Crippen LogP contribution is -2.25. The van der Waals surface area contributed by atoms with Crippen LogP contribution in [0.3, 0.4) is 0 Å². The molecule has 1 N–H and O–H groups in total. The number of carbonyl (C=O) groups is 1. The van der Waals surface area contributed by atoms with Gasteiger partial charge in [0.05, 0.1) is 12.2 Å². The average Bonchev–Trinajstić information content (AvgIpc) is 2.57.